The third-order valence-electron chi connectivity index (χ3n) is 8.64. The molecule has 2 fully saturated rings. The molecule has 210 valence electrons. The fraction of sp³-hybridized carbons (Fsp3) is 0.613. The van der Waals surface area contributed by atoms with Gasteiger partial charge in [-0.15, -0.1) is 0 Å². The number of fused-ring (bicyclic) bond motifs is 1. The normalized spacial score (nSPS) is 21.3. The molecule has 4 heterocycles. The van der Waals surface area contributed by atoms with Gasteiger partial charge in [-0.25, -0.2) is 4.98 Å². The maximum absolute atomic E-state index is 13.2. The lowest BCUT2D eigenvalue weighted by atomic mass is 9.86. The van der Waals surface area contributed by atoms with E-state index in [0.717, 1.165) is 86.1 Å². The molecule has 0 aromatic carbocycles. The molecule has 2 aliphatic rings. The number of amides is 1. The van der Waals surface area contributed by atoms with E-state index in [4.69, 9.17) is 15.7 Å². The quantitative estimate of drug-likeness (QED) is 0.393. The minimum Gasteiger partial charge on any atom is -0.352 e. The van der Waals surface area contributed by atoms with Crippen molar-refractivity contribution in [2.24, 2.45) is 11.7 Å². The number of anilines is 1. The molecule has 1 amide bonds. The molecule has 39 heavy (non-hydrogen) atoms. The molecule has 3 N–H and O–H groups in total. The van der Waals surface area contributed by atoms with Crippen LogP contribution in [0, 0.1) is 19.8 Å². The van der Waals surface area contributed by atoms with E-state index in [1.165, 1.54) is 18.4 Å². The van der Waals surface area contributed by atoms with Crippen molar-refractivity contribution >= 4 is 22.9 Å². The van der Waals surface area contributed by atoms with E-state index in [1.807, 2.05) is 37.1 Å². The summed E-state index contributed by atoms with van der Waals surface area (Å²) in [6.07, 6.45) is 13.0. The Hall–Kier alpha value is -3.00. The lowest BCUT2D eigenvalue weighted by Crippen LogP contribution is -2.38. The number of likely N-dealkylation sites (tertiary alicyclic amines) is 1. The lowest BCUT2D eigenvalue weighted by Gasteiger charge is -2.32. The SMILES string of the molecule is CCCC(C)Nc1ncc2c(C3CCN(C(=O)c4cc(C)nc(C)c4)CC3)cn(CC3CCC(N)CC3)c2n1. The van der Waals surface area contributed by atoms with Gasteiger partial charge in [-0.2, -0.15) is 4.98 Å². The van der Waals surface area contributed by atoms with Gasteiger partial charge >= 0.3 is 0 Å². The van der Waals surface area contributed by atoms with Crippen molar-refractivity contribution in [3.05, 3.63) is 47.0 Å². The highest BCUT2D eigenvalue weighted by Gasteiger charge is 2.28. The van der Waals surface area contributed by atoms with Crippen molar-refractivity contribution in [1.82, 2.24) is 24.4 Å². The molecule has 3 aromatic heterocycles. The van der Waals surface area contributed by atoms with Gasteiger partial charge in [-0.05, 0) is 95.2 Å². The van der Waals surface area contributed by atoms with Crippen LogP contribution in [0.4, 0.5) is 5.95 Å². The summed E-state index contributed by atoms with van der Waals surface area (Å²) in [7, 11) is 0. The molecule has 8 nitrogen and oxygen atoms in total. The third kappa shape index (κ3) is 6.43. The number of hydrogen-bond acceptors (Lipinski definition) is 6. The van der Waals surface area contributed by atoms with E-state index in [0.29, 0.717) is 29.9 Å². The predicted octanol–water partition coefficient (Wildman–Crippen LogP) is 5.58. The molecule has 1 saturated carbocycles. The van der Waals surface area contributed by atoms with Gasteiger partial charge in [-0.1, -0.05) is 13.3 Å². The summed E-state index contributed by atoms with van der Waals surface area (Å²) in [6.45, 7) is 10.8. The van der Waals surface area contributed by atoms with Gasteiger partial charge in [0.25, 0.3) is 5.91 Å². The third-order valence-corrected chi connectivity index (χ3v) is 8.64. The zero-order valence-electron chi connectivity index (χ0n) is 24.1. The highest BCUT2D eigenvalue weighted by Crippen LogP contribution is 2.36. The highest BCUT2D eigenvalue weighted by atomic mass is 16.2. The minimum absolute atomic E-state index is 0.111. The molecule has 0 radical (unpaired) electrons. The van der Waals surface area contributed by atoms with Gasteiger partial charge in [-0.3, -0.25) is 9.78 Å². The number of hydrogen-bond donors (Lipinski definition) is 2. The van der Waals surface area contributed by atoms with Gasteiger partial charge < -0.3 is 20.5 Å². The van der Waals surface area contributed by atoms with Gasteiger partial charge in [0.1, 0.15) is 5.65 Å². The lowest BCUT2D eigenvalue weighted by molar-refractivity contribution is 0.0713. The Bertz CT molecular complexity index is 1270. The maximum Gasteiger partial charge on any atom is 0.253 e. The molecular formula is C31H45N7O. The van der Waals surface area contributed by atoms with Crippen LogP contribution in [-0.2, 0) is 6.54 Å². The standard InChI is InChI=1S/C31H45N7O/c1-5-6-20(2)35-31-33-17-27-28(19-38(29(27)36-31)18-23-7-9-26(32)10-8-23)24-11-13-37(14-12-24)30(39)25-15-21(3)34-22(4)16-25/h15-17,19-20,23-24,26H,5-14,18,32H2,1-4H3,(H,33,35,36). The molecule has 1 aliphatic carbocycles. The van der Waals surface area contributed by atoms with Crippen LogP contribution in [0.25, 0.3) is 11.0 Å². The smallest absolute Gasteiger partial charge is 0.253 e. The Morgan fingerprint density at radius 2 is 1.77 bits per heavy atom. The first kappa shape index (κ1) is 27.6. The number of nitrogens with zero attached hydrogens (tertiary/aromatic N) is 5. The van der Waals surface area contributed by atoms with Gasteiger partial charge in [0.2, 0.25) is 5.95 Å². The number of aromatic nitrogens is 4. The van der Waals surface area contributed by atoms with Crippen LogP contribution in [0.5, 0.6) is 0 Å². The second kappa shape index (κ2) is 12.0. The molecule has 5 rings (SSSR count). The average Bonchev–Trinajstić information content (AvgIpc) is 3.26. The first-order chi connectivity index (χ1) is 18.8. The monoisotopic (exact) mass is 531 g/mol. The zero-order valence-corrected chi connectivity index (χ0v) is 24.1. The van der Waals surface area contributed by atoms with Crippen molar-refractivity contribution in [3.63, 3.8) is 0 Å². The molecule has 1 saturated heterocycles. The van der Waals surface area contributed by atoms with Crippen molar-refractivity contribution in [1.29, 1.82) is 0 Å². The molecule has 3 aromatic rings. The van der Waals surface area contributed by atoms with Crippen molar-refractivity contribution < 1.29 is 4.79 Å². The molecule has 8 heteroatoms. The Kier molecular flexibility index (Phi) is 8.50. The summed E-state index contributed by atoms with van der Waals surface area (Å²) in [5.41, 5.74) is 11.1. The van der Waals surface area contributed by atoms with Crippen LogP contribution in [0.2, 0.25) is 0 Å². The van der Waals surface area contributed by atoms with Crippen LogP contribution < -0.4 is 11.1 Å². The molecule has 0 bridgehead atoms. The number of pyridine rings is 1. The van der Waals surface area contributed by atoms with E-state index in [1.54, 1.807) is 0 Å². The van der Waals surface area contributed by atoms with Crippen LogP contribution in [-0.4, -0.2) is 55.5 Å². The zero-order chi connectivity index (χ0) is 27.5. The van der Waals surface area contributed by atoms with E-state index >= 15 is 0 Å². The number of nitrogens with one attached hydrogen (secondary N) is 1. The number of nitrogens with two attached hydrogens (primary N) is 1. The number of rotatable bonds is 8. The number of aryl methyl sites for hydroxylation is 2. The minimum atomic E-state index is 0.111. The first-order valence-corrected chi connectivity index (χ1v) is 14.9. The Morgan fingerprint density at radius 1 is 1.08 bits per heavy atom. The summed E-state index contributed by atoms with van der Waals surface area (Å²) in [4.78, 5) is 29.4. The van der Waals surface area contributed by atoms with Crippen LogP contribution in [0.15, 0.2) is 24.5 Å². The second-order valence-electron chi connectivity index (χ2n) is 12.0. The van der Waals surface area contributed by atoms with Crippen molar-refractivity contribution in [3.8, 4) is 0 Å². The second-order valence-corrected chi connectivity index (χ2v) is 12.0. The molecular weight excluding hydrogens is 486 g/mol. The van der Waals surface area contributed by atoms with E-state index in [9.17, 15) is 4.79 Å². The van der Waals surface area contributed by atoms with Gasteiger partial charge in [0.05, 0.1) is 0 Å². The number of carbonyl (C=O) groups excluding carboxylic acids is 1. The summed E-state index contributed by atoms with van der Waals surface area (Å²) in [6, 6.07) is 4.49. The summed E-state index contributed by atoms with van der Waals surface area (Å²) in [5, 5.41) is 4.66. The van der Waals surface area contributed by atoms with E-state index < -0.39 is 0 Å². The molecule has 1 unspecified atom stereocenters. The largest absolute Gasteiger partial charge is 0.352 e. The fourth-order valence-corrected chi connectivity index (χ4v) is 6.54. The molecule has 1 aliphatic heterocycles. The van der Waals surface area contributed by atoms with Crippen molar-refractivity contribution in [2.45, 2.75) is 104 Å². The average molecular weight is 532 g/mol. The van der Waals surface area contributed by atoms with E-state index in [-0.39, 0.29) is 5.91 Å². The van der Waals surface area contributed by atoms with Crippen LogP contribution >= 0.6 is 0 Å². The summed E-state index contributed by atoms with van der Waals surface area (Å²) >= 11 is 0. The van der Waals surface area contributed by atoms with Gasteiger partial charge in [0, 0.05) is 66.4 Å². The molecule has 1 atom stereocenters. The molecule has 0 spiro atoms. The number of piperidine rings is 1. The summed E-state index contributed by atoms with van der Waals surface area (Å²) < 4.78 is 2.38. The van der Waals surface area contributed by atoms with Crippen molar-refractivity contribution in [2.75, 3.05) is 18.4 Å². The Labute approximate surface area is 232 Å². The fourth-order valence-electron chi connectivity index (χ4n) is 6.54. The van der Waals surface area contributed by atoms with Crippen LogP contribution in [0.3, 0.4) is 0 Å². The number of carbonyl (C=O) groups is 1. The highest BCUT2D eigenvalue weighted by molar-refractivity contribution is 5.94. The summed E-state index contributed by atoms with van der Waals surface area (Å²) in [5.74, 6) is 1.84. The first-order valence-electron chi connectivity index (χ1n) is 14.9. The van der Waals surface area contributed by atoms with Crippen LogP contribution in [0.1, 0.15) is 98.4 Å². The van der Waals surface area contributed by atoms with Gasteiger partial charge in [0.15, 0.2) is 0 Å². The van der Waals surface area contributed by atoms with E-state index in [2.05, 4.69) is 34.9 Å². The Balaban J connectivity index is 1.36. The predicted molar refractivity (Wildman–Crippen MR) is 157 cm³/mol. The topological polar surface area (TPSA) is 102 Å². The maximum atomic E-state index is 13.2. The Morgan fingerprint density at radius 3 is 2.44 bits per heavy atom.